The maximum Gasteiger partial charge on any atom is 0.303 e. The molecule has 0 unspecified atom stereocenters. The number of carbonyl (C=O) groups is 1. The summed E-state index contributed by atoms with van der Waals surface area (Å²) < 4.78 is 0. The van der Waals surface area contributed by atoms with Gasteiger partial charge in [-0.25, -0.2) is 0 Å². The number of carboxylic acid groups (broad SMARTS) is 1. The first-order valence-corrected chi connectivity index (χ1v) is 9.45. The van der Waals surface area contributed by atoms with Gasteiger partial charge in [-0.1, -0.05) is 71.1 Å². The Morgan fingerprint density at radius 3 is 1.55 bits per heavy atom. The van der Waals surface area contributed by atoms with Crippen molar-refractivity contribution in [1.82, 2.24) is 0 Å². The normalized spacial score (nSPS) is 10.2. The van der Waals surface area contributed by atoms with Crippen molar-refractivity contribution in [2.24, 2.45) is 0 Å². The van der Waals surface area contributed by atoms with Crippen LogP contribution in [0.2, 0.25) is 0 Å². The highest BCUT2D eigenvalue weighted by Crippen LogP contribution is 2.10. The van der Waals surface area contributed by atoms with E-state index in [2.05, 4.69) is 18.8 Å². The number of unbranched alkanes of at least 4 members (excludes halogenated alkanes) is 13. The van der Waals surface area contributed by atoms with Crippen molar-refractivity contribution in [3.63, 3.8) is 0 Å². The SMILES string of the molecule is CCCCCCCC#CCCCCCCCCCCC(=O)O. The molecule has 0 aromatic carbocycles. The first kappa shape index (κ1) is 21.0. The van der Waals surface area contributed by atoms with Crippen LogP contribution in [0.1, 0.15) is 110 Å². The van der Waals surface area contributed by atoms with E-state index < -0.39 is 5.97 Å². The molecule has 2 nitrogen and oxygen atoms in total. The fraction of sp³-hybridized carbons (Fsp3) is 0.850. The molecule has 0 fully saturated rings. The van der Waals surface area contributed by atoms with Crippen LogP contribution in [0.4, 0.5) is 0 Å². The largest absolute Gasteiger partial charge is 0.481 e. The summed E-state index contributed by atoms with van der Waals surface area (Å²) in [5.41, 5.74) is 0. The van der Waals surface area contributed by atoms with Gasteiger partial charge in [-0.3, -0.25) is 4.79 Å². The summed E-state index contributed by atoms with van der Waals surface area (Å²) in [4.78, 5) is 10.3. The molecule has 1 N–H and O–H groups in total. The van der Waals surface area contributed by atoms with Crippen molar-refractivity contribution in [3.8, 4) is 11.8 Å². The van der Waals surface area contributed by atoms with E-state index in [1.54, 1.807) is 0 Å². The maximum absolute atomic E-state index is 10.3. The van der Waals surface area contributed by atoms with E-state index in [0.717, 1.165) is 25.7 Å². The summed E-state index contributed by atoms with van der Waals surface area (Å²) in [6, 6.07) is 0. The number of rotatable bonds is 15. The Bertz CT molecular complexity index is 299. The zero-order chi connectivity index (χ0) is 16.3. The van der Waals surface area contributed by atoms with Gasteiger partial charge in [-0.15, -0.1) is 11.8 Å². The second kappa shape index (κ2) is 18.1. The minimum atomic E-state index is -0.665. The zero-order valence-corrected chi connectivity index (χ0v) is 14.7. The predicted octanol–water partition coefficient (Wildman–Crippen LogP) is 6.34. The first-order chi connectivity index (χ1) is 10.8. The number of carboxylic acids is 1. The zero-order valence-electron chi connectivity index (χ0n) is 14.7. The Hall–Kier alpha value is -0.970. The lowest BCUT2D eigenvalue weighted by Gasteiger charge is -2.00. The van der Waals surface area contributed by atoms with Crippen LogP contribution < -0.4 is 0 Å². The van der Waals surface area contributed by atoms with Crippen molar-refractivity contribution < 1.29 is 9.90 Å². The van der Waals surface area contributed by atoms with Crippen molar-refractivity contribution >= 4 is 5.97 Å². The van der Waals surface area contributed by atoms with E-state index in [9.17, 15) is 4.79 Å². The summed E-state index contributed by atoms with van der Waals surface area (Å²) in [7, 11) is 0. The molecular formula is C20H36O2. The summed E-state index contributed by atoms with van der Waals surface area (Å²) in [6.07, 6.45) is 18.6. The highest BCUT2D eigenvalue weighted by Gasteiger charge is 1.96. The van der Waals surface area contributed by atoms with Gasteiger partial charge in [0.25, 0.3) is 0 Å². The molecule has 0 spiro atoms. The van der Waals surface area contributed by atoms with Crippen LogP contribution >= 0.6 is 0 Å². The van der Waals surface area contributed by atoms with Crippen LogP contribution in [0.5, 0.6) is 0 Å². The molecule has 0 saturated carbocycles. The Balaban J connectivity index is 3.09. The van der Waals surface area contributed by atoms with Gasteiger partial charge in [0, 0.05) is 19.3 Å². The Labute approximate surface area is 138 Å². The van der Waals surface area contributed by atoms with Crippen LogP contribution in [-0.4, -0.2) is 11.1 Å². The number of aliphatic carboxylic acids is 1. The van der Waals surface area contributed by atoms with E-state index in [0.29, 0.717) is 6.42 Å². The monoisotopic (exact) mass is 308 g/mol. The van der Waals surface area contributed by atoms with Crippen LogP contribution in [0.15, 0.2) is 0 Å². The van der Waals surface area contributed by atoms with Gasteiger partial charge in [-0.05, 0) is 19.3 Å². The van der Waals surface area contributed by atoms with E-state index in [-0.39, 0.29) is 0 Å². The summed E-state index contributed by atoms with van der Waals surface area (Å²) in [5, 5.41) is 8.53. The fourth-order valence-corrected chi connectivity index (χ4v) is 2.54. The molecule has 0 bridgehead atoms. The Morgan fingerprint density at radius 2 is 1.09 bits per heavy atom. The predicted molar refractivity (Wildman–Crippen MR) is 95.0 cm³/mol. The van der Waals surface area contributed by atoms with E-state index in [4.69, 9.17) is 5.11 Å². The van der Waals surface area contributed by atoms with Gasteiger partial charge < -0.3 is 5.11 Å². The van der Waals surface area contributed by atoms with Crippen LogP contribution in [-0.2, 0) is 4.79 Å². The lowest BCUT2D eigenvalue weighted by Crippen LogP contribution is -1.93. The average Bonchev–Trinajstić information content (AvgIpc) is 2.50. The van der Waals surface area contributed by atoms with Gasteiger partial charge in [0.05, 0.1) is 0 Å². The molecule has 128 valence electrons. The molecule has 0 aliphatic rings. The molecule has 0 aromatic rings. The molecule has 22 heavy (non-hydrogen) atoms. The average molecular weight is 309 g/mol. The molecule has 0 aromatic heterocycles. The topological polar surface area (TPSA) is 37.3 Å². The smallest absolute Gasteiger partial charge is 0.303 e. The number of hydrogen-bond donors (Lipinski definition) is 1. The van der Waals surface area contributed by atoms with Crippen molar-refractivity contribution in [2.45, 2.75) is 110 Å². The highest BCUT2D eigenvalue weighted by molar-refractivity contribution is 5.66. The molecular weight excluding hydrogens is 272 g/mol. The van der Waals surface area contributed by atoms with Gasteiger partial charge in [-0.2, -0.15) is 0 Å². The standard InChI is InChI=1S/C20H36O2/c1-2-3-4-5-6-7-8-9-10-11-12-13-14-15-16-17-18-19-20(21)22/h2-7,10-19H2,1H3,(H,21,22). The van der Waals surface area contributed by atoms with Gasteiger partial charge >= 0.3 is 5.97 Å². The molecule has 0 amide bonds. The third kappa shape index (κ3) is 19.0. The van der Waals surface area contributed by atoms with Gasteiger partial charge in [0.2, 0.25) is 0 Å². The third-order valence-corrected chi connectivity index (χ3v) is 3.97. The lowest BCUT2D eigenvalue weighted by atomic mass is 10.1. The van der Waals surface area contributed by atoms with Crippen molar-refractivity contribution in [3.05, 3.63) is 0 Å². The Kier molecular flexibility index (Phi) is 17.3. The van der Waals surface area contributed by atoms with E-state index in [1.807, 2.05) is 0 Å². The summed E-state index contributed by atoms with van der Waals surface area (Å²) >= 11 is 0. The minimum absolute atomic E-state index is 0.331. The lowest BCUT2D eigenvalue weighted by molar-refractivity contribution is -0.137. The minimum Gasteiger partial charge on any atom is -0.481 e. The Morgan fingerprint density at radius 1 is 0.682 bits per heavy atom. The molecule has 0 heterocycles. The fourth-order valence-electron chi connectivity index (χ4n) is 2.54. The second-order valence-electron chi connectivity index (χ2n) is 6.24. The maximum atomic E-state index is 10.3. The summed E-state index contributed by atoms with van der Waals surface area (Å²) in [5.74, 6) is 5.93. The quantitative estimate of drug-likeness (QED) is 0.283. The molecule has 2 heteroatoms. The molecule has 0 atom stereocenters. The summed E-state index contributed by atoms with van der Waals surface area (Å²) in [6.45, 7) is 2.25. The van der Waals surface area contributed by atoms with Crippen LogP contribution in [0, 0.1) is 11.8 Å². The molecule has 0 radical (unpaired) electrons. The van der Waals surface area contributed by atoms with E-state index in [1.165, 1.54) is 70.6 Å². The second-order valence-corrected chi connectivity index (χ2v) is 6.24. The van der Waals surface area contributed by atoms with E-state index >= 15 is 0 Å². The molecule has 0 aliphatic carbocycles. The molecule has 0 saturated heterocycles. The third-order valence-electron chi connectivity index (χ3n) is 3.97. The van der Waals surface area contributed by atoms with Crippen LogP contribution in [0.25, 0.3) is 0 Å². The van der Waals surface area contributed by atoms with Crippen LogP contribution in [0.3, 0.4) is 0 Å². The number of hydrogen-bond acceptors (Lipinski definition) is 1. The molecule has 0 rings (SSSR count). The van der Waals surface area contributed by atoms with Gasteiger partial charge in [0.1, 0.15) is 0 Å². The molecule has 0 aliphatic heterocycles. The highest BCUT2D eigenvalue weighted by atomic mass is 16.4. The van der Waals surface area contributed by atoms with Gasteiger partial charge in [0.15, 0.2) is 0 Å². The van der Waals surface area contributed by atoms with Crippen molar-refractivity contribution in [2.75, 3.05) is 0 Å². The first-order valence-electron chi connectivity index (χ1n) is 9.45. The van der Waals surface area contributed by atoms with Crippen molar-refractivity contribution in [1.29, 1.82) is 0 Å².